The zero-order valence-electron chi connectivity index (χ0n) is 8.30. The second-order valence-electron chi connectivity index (χ2n) is 3.20. The van der Waals surface area contributed by atoms with Gasteiger partial charge < -0.3 is 0 Å². The molecule has 0 bridgehead atoms. The smallest absolute Gasteiger partial charge is 0.188 e. The van der Waals surface area contributed by atoms with Crippen LogP contribution in [0.1, 0.15) is 28.1 Å². The van der Waals surface area contributed by atoms with Gasteiger partial charge in [0, 0.05) is 30.6 Å². The zero-order chi connectivity index (χ0) is 10.7. The van der Waals surface area contributed by atoms with E-state index >= 15 is 0 Å². The number of hydrogen-bond donors (Lipinski definition) is 0. The van der Waals surface area contributed by atoms with Crippen molar-refractivity contribution in [2.45, 2.75) is 13.3 Å². The van der Waals surface area contributed by atoms with Crippen LogP contribution in [0, 0.1) is 0 Å². The summed E-state index contributed by atoms with van der Waals surface area (Å²) in [5, 5.41) is 2.48. The minimum atomic E-state index is 0.0206. The fourth-order valence-electron chi connectivity index (χ4n) is 1.24. The Morgan fingerprint density at radius 2 is 2.27 bits per heavy atom. The van der Waals surface area contributed by atoms with Gasteiger partial charge in [-0.05, 0) is 12.1 Å². The summed E-state index contributed by atoms with van der Waals surface area (Å²) < 4.78 is 0. The van der Waals surface area contributed by atoms with E-state index < -0.39 is 0 Å². The molecule has 3 nitrogen and oxygen atoms in total. The summed E-state index contributed by atoms with van der Waals surface area (Å²) >= 11 is 1.39. The molecule has 0 radical (unpaired) electrons. The van der Waals surface area contributed by atoms with Gasteiger partial charge >= 0.3 is 0 Å². The van der Waals surface area contributed by atoms with Gasteiger partial charge in [0.05, 0.1) is 5.69 Å². The van der Waals surface area contributed by atoms with E-state index in [0.29, 0.717) is 11.4 Å². The number of rotatable bonds is 3. The number of carbonyl (C=O) groups is 1. The van der Waals surface area contributed by atoms with Crippen LogP contribution in [0.15, 0.2) is 29.8 Å². The average Bonchev–Trinajstić information content (AvgIpc) is 2.68. The Balaban J connectivity index is 2.15. The second kappa shape index (κ2) is 4.31. The summed E-state index contributed by atoms with van der Waals surface area (Å²) in [4.78, 5) is 19.5. The summed E-state index contributed by atoms with van der Waals surface area (Å²) in [7, 11) is 0. The lowest BCUT2D eigenvalue weighted by Gasteiger charge is -1.95. The van der Waals surface area contributed by atoms with Crippen molar-refractivity contribution in [3.8, 4) is 0 Å². The molecule has 0 aromatic carbocycles. The van der Waals surface area contributed by atoms with Crippen LogP contribution < -0.4 is 0 Å². The summed E-state index contributed by atoms with van der Waals surface area (Å²) in [6.07, 6.45) is 2.44. The quantitative estimate of drug-likeness (QED) is 0.742. The molecule has 0 aliphatic heterocycles. The van der Waals surface area contributed by atoms with Crippen molar-refractivity contribution >= 4 is 17.1 Å². The molecule has 0 aliphatic carbocycles. The van der Waals surface area contributed by atoms with Crippen LogP contribution in [-0.2, 0) is 6.42 Å². The van der Waals surface area contributed by atoms with Gasteiger partial charge in [-0.2, -0.15) is 0 Å². The normalized spacial score (nSPS) is 10.2. The van der Waals surface area contributed by atoms with Gasteiger partial charge in [-0.25, -0.2) is 4.98 Å². The van der Waals surface area contributed by atoms with Crippen molar-refractivity contribution in [2.24, 2.45) is 0 Å². The highest BCUT2D eigenvalue weighted by molar-refractivity contribution is 7.11. The Bertz CT molecular complexity index is 464. The number of nitrogens with zero attached hydrogens (tertiary/aromatic N) is 2. The lowest BCUT2D eigenvalue weighted by atomic mass is 10.2. The van der Waals surface area contributed by atoms with Gasteiger partial charge in [-0.1, -0.05) is 6.07 Å². The SMILES string of the molecule is CC(=O)c1nc(Cc2ccccn2)cs1. The zero-order valence-corrected chi connectivity index (χ0v) is 9.12. The molecule has 2 rings (SSSR count). The Morgan fingerprint density at radius 3 is 2.87 bits per heavy atom. The minimum Gasteiger partial charge on any atom is -0.292 e. The van der Waals surface area contributed by atoms with Crippen LogP contribution in [0.2, 0.25) is 0 Å². The first-order chi connectivity index (χ1) is 7.25. The maximum Gasteiger partial charge on any atom is 0.188 e. The van der Waals surface area contributed by atoms with E-state index in [4.69, 9.17) is 0 Å². The van der Waals surface area contributed by atoms with Crippen LogP contribution in [0.5, 0.6) is 0 Å². The highest BCUT2D eigenvalue weighted by Crippen LogP contribution is 2.13. The molecule has 0 saturated carbocycles. The third-order valence-electron chi connectivity index (χ3n) is 1.94. The van der Waals surface area contributed by atoms with Crippen LogP contribution in [0.25, 0.3) is 0 Å². The minimum absolute atomic E-state index is 0.0206. The molecule has 15 heavy (non-hydrogen) atoms. The van der Waals surface area contributed by atoms with Gasteiger partial charge in [0.25, 0.3) is 0 Å². The highest BCUT2D eigenvalue weighted by Gasteiger charge is 2.06. The molecule has 2 aromatic rings. The number of aromatic nitrogens is 2. The number of carbonyl (C=O) groups excluding carboxylic acids is 1. The molecule has 4 heteroatoms. The number of ketones is 1. The van der Waals surface area contributed by atoms with E-state index in [0.717, 1.165) is 11.4 Å². The maximum atomic E-state index is 11.0. The van der Waals surface area contributed by atoms with Gasteiger partial charge in [-0.3, -0.25) is 9.78 Å². The molecule has 2 heterocycles. The Kier molecular flexibility index (Phi) is 2.87. The summed E-state index contributed by atoms with van der Waals surface area (Å²) in [6, 6.07) is 5.78. The third-order valence-corrected chi connectivity index (χ3v) is 2.93. The molecule has 0 saturated heterocycles. The number of hydrogen-bond acceptors (Lipinski definition) is 4. The molecule has 0 fully saturated rings. The Hall–Kier alpha value is -1.55. The van der Waals surface area contributed by atoms with Crippen molar-refractivity contribution in [1.82, 2.24) is 9.97 Å². The fraction of sp³-hybridized carbons (Fsp3) is 0.182. The molecule has 0 unspecified atom stereocenters. The van der Waals surface area contributed by atoms with Crippen molar-refractivity contribution in [3.63, 3.8) is 0 Å². The molecular weight excluding hydrogens is 208 g/mol. The molecule has 0 aliphatic rings. The monoisotopic (exact) mass is 218 g/mol. The summed E-state index contributed by atoms with van der Waals surface area (Å²) in [6.45, 7) is 1.53. The maximum absolute atomic E-state index is 11.0. The topological polar surface area (TPSA) is 42.9 Å². The van der Waals surface area contributed by atoms with Gasteiger partial charge in [0.2, 0.25) is 0 Å². The molecule has 0 amide bonds. The molecule has 76 valence electrons. The Labute approximate surface area is 91.8 Å². The molecule has 0 spiro atoms. The predicted octanol–water partition coefficient (Wildman–Crippen LogP) is 2.33. The first-order valence-electron chi connectivity index (χ1n) is 4.61. The fourth-order valence-corrected chi connectivity index (χ4v) is 1.96. The van der Waals surface area contributed by atoms with Gasteiger partial charge in [0.15, 0.2) is 10.8 Å². The van der Waals surface area contributed by atoms with Crippen LogP contribution in [-0.4, -0.2) is 15.8 Å². The van der Waals surface area contributed by atoms with E-state index in [1.807, 2.05) is 23.6 Å². The van der Waals surface area contributed by atoms with Crippen LogP contribution in [0.3, 0.4) is 0 Å². The molecule has 0 atom stereocenters. The lowest BCUT2D eigenvalue weighted by molar-refractivity contribution is 0.101. The van der Waals surface area contributed by atoms with Gasteiger partial charge in [-0.15, -0.1) is 11.3 Å². The van der Waals surface area contributed by atoms with Crippen molar-refractivity contribution in [2.75, 3.05) is 0 Å². The first-order valence-corrected chi connectivity index (χ1v) is 5.49. The van der Waals surface area contributed by atoms with E-state index in [-0.39, 0.29) is 5.78 Å². The number of pyridine rings is 1. The largest absolute Gasteiger partial charge is 0.292 e. The second-order valence-corrected chi connectivity index (χ2v) is 4.06. The lowest BCUT2D eigenvalue weighted by Crippen LogP contribution is -1.94. The van der Waals surface area contributed by atoms with E-state index in [1.165, 1.54) is 18.3 Å². The number of Topliss-reactive ketones (excluding diaryl/α,β-unsaturated/α-hetero) is 1. The predicted molar refractivity (Wildman–Crippen MR) is 59.2 cm³/mol. The summed E-state index contributed by atoms with van der Waals surface area (Å²) in [5.41, 5.74) is 1.88. The average molecular weight is 218 g/mol. The van der Waals surface area contributed by atoms with Crippen LogP contribution in [0.4, 0.5) is 0 Å². The van der Waals surface area contributed by atoms with Crippen molar-refractivity contribution < 1.29 is 4.79 Å². The summed E-state index contributed by atoms with van der Waals surface area (Å²) in [5.74, 6) is 0.0206. The van der Waals surface area contributed by atoms with E-state index in [2.05, 4.69) is 9.97 Å². The first kappa shape index (κ1) is 9.98. The standard InChI is InChI=1S/C11H10N2OS/c1-8(14)11-13-10(7-15-11)6-9-4-2-3-5-12-9/h2-5,7H,6H2,1H3. The van der Waals surface area contributed by atoms with Crippen molar-refractivity contribution in [1.29, 1.82) is 0 Å². The third kappa shape index (κ3) is 2.47. The molecular formula is C11H10N2OS. The van der Waals surface area contributed by atoms with Gasteiger partial charge in [0.1, 0.15) is 0 Å². The highest BCUT2D eigenvalue weighted by atomic mass is 32.1. The Morgan fingerprint density at radius 1 is 1.40 bits per heavy atom. The van der Waals surface area contributed by atoms with Crippen molar-refractivity contribution in [3.05, 3.63) is 46.2 Å². The molecule has 2 aromatic heterocycles. The van der Waals surface area contributed by atoms with E-state index in [9.17, 15) is 4.79 Å². The van der Waals surface area contributed by atoms with Crippen LogP contribution >= 0.6 is 11.3 Å². The molecule has 0 N–H and O–H groups in total. The van der Waals surface area contributed by atoms with E-state index in [1.54, 1.807) is 6.20 Å². The number of thiazole rings is 1.